The highest BCUT2D eigenvalue weighted by Crippen LogP contribution is 2.27. The number of halogens is 1. The lowest BCUT2D eigenvalue weighted by molar-refractivity contribution is 0.468. The Morgan fingerprint density at radius 3 is 2.93 bits per heavy atom. The molecular weight excluding hydrogens is 374 g/mol. The summed E-state index contributed by atoms with van der Waals surface area (Å²) in [5, 5.41) is 15.9. The SMILES string of the molecule is C=CCNC(=NCc1nnc(C)n1C)NC1CCCN(c2ccccc2Cl)C1. The van der Waals surface area contributed by atoms with Crippen molar-refractivity contribution in [3.05, 3.63) is 53.6 Å². The van der Waals surface area contributed by atoms with E-state index in [0.29, 0.717) is 13.1 Å². The molecular formula is C20H28ClN7. The van der Waals surface area contributed by atoms with Gasteiger partial charge in [-0.3, -0.25) is 0 Å². The van der Waals surface area contributed by atoms with Crippen LogP contribution in [0.15, 0.2) is 41.9 Å². The third kappa shape index (κ3) is 5.04. The zero-order valence-corrected chi connectivity index (χ0v) is 17.3. The van der Waals surface area contributed by atoms with Crippen LogP contribution in [-0.4, -0.2) is 46.4 Å². The lowest BCUT2D eigenvalue weighted by Gasteiger charge is -2.35. The van der Waals surface area contributed by atoms with Gasteiger partial charge in [-0.25, -0.2) is 4.99 Å². The molecule has 1 unspecified atom stereocenters. The van der Waals surface area contributed by atoms with Crippen molar-refractivity contribution in [1.82, 2.24) is 25.4 Å². The van der Waals surface area contributed by atoms with Gasteiger partial charge >= 0.3 is 0 Å². The van der Waals surface area contributed by atoms with E-state index < -0.39 is 0 Å². The van der Waals surface area contributed by atoms with E-state index in [0.717, 1.165) is 54.2 Å². The Balaban J connectivity index is 1.67. The zero-order chi connectivity index (χ0) is 19.9. The fourth-order valence-electron chi connectivity index (χ4n) is 3.28. The summed E-state index contributed by atoms with van der Waals surface area (Å²) in [6, 6.07) is 8.28. The number of guanidine groups is 1. The summed E-state index contributed by atoms with van der Waals surface area (Å²) < 4.78 is 1.95. The van der Waals surface area contributed by atoms with Gasteiger partial charge < -0.3 is 20.1 Å². The molecule has 0 bridgehead atoms. The van der Waals surface area contributed by atoms with Crippen LogP contribution in [0.2, 0.25) is 5.02 Å². The van der Waals surface area contributed by atoms with Gasteiger partial charge in [-0.15, -0.1) is 16.8 Å². The fourth-order valence-corrected chi connectivity index (χ4v) is 3.53. The topological polar surface area (TPSA) is 70.4 Å². The third-order valence-corrected chi connectivity index (χ3v) is 5.25. The molecule has 1 atom stereocenters. The number of aryl methyl sites for hydroxylation is 1. The van der Waals surface area contributed by atoms with Crippen molar-refractivity contribution in [1.29, 1.82) is 0 Å². The minimum atomic E-state index is 0.280. The van der Waals surface area contributed by atoms with Crippen LogP contribution in [0.25, 0.3) is 0 Å². The summed E-state index contributed by atoms with van der Waals surface area (Å²) in [6.45, 7) is 8.70. The molecule has 1 aromatic carbocycles. The van der Waals surface area contributed by atoms with E-state index in [2.05, 4.69) is 38.4 Å². The zero-order valence-electron chi connectivity index (χ0n) is 16.5. The van der Waals surface area contributed by atoms with Gasteiger partial charge in [-0.2, -0.15) is 0 Å². The van der Waals surface area contributed by atoms with Crippen molar-refractivity contribution in [2.45, 2.75) is 32.4 Å². The number of aliphatic imine (C=N–C) groups is 1. The number of rotatable bonds is 6. The molecule has 1 aliphatic rings. The van der Waals surface area contributed by atoms with Crippen LogP contribution < -0.4 is 15.5 Å². The number of hydrogen-bond donors (Lipinski definition) is 2. The van der Waals surface area contributed by atoms with Crippen molar-refractivity contribution in [2.75, 3.05) is 24.5 Å². The van der Waals surface area contributed by atoms with Crippen LogP contribution in [0.5, 0.6) is 0 Å². The first-order valence-corrected chi connectivity index (χ1v) is 9.96. The second-order valence-corrected chi connectivity index (χ2v) is 7.34. The summed E-state index contributed by atoms with van der Waals surface area (Å²) in [4.78, 5) is 7.03. The fraction of sp³-hybridized carbons (Fsp3) is 0.450. The van der Waals surface area contributed by atoms with Crippen molar-refractivity contribution in [3.8, 4) is 0 Å². The lowest BCUT2D eigenvalue weighted by Crippen LogP contribution is -2.51. The molecule has 1 saturated heterocycles. The van der Waals surface area contributed by atoms with E-state index in [1.807, 2.05) is 42.8 Å². The van der Waals surface area contributed by atoms with Crippen LogP contribution in [0.4, 0.5) is 5.69 Å². The van der Waals surface area contributed by atoms with Crippen LogP contribution >= 0.6 is 11.6 Å². The van der Waals surface area contributed by atoms with E-state index in [1.54, 1.807) is 0 Å². The smallest absolute Gasteiger partial charge is 0.192 e. The normalized spacial score (nSPS) is 17.5. The van der Waals surface area contributed by atoms with E-state index in [-0.39, 0.29) is 6.04 Å². The monoisotopic (exact) mass is 401 g/mol. The van der Waals surface area contributed by atoms with Gasteiger partial charge in [0.1, 0.15) is 12.4 Å². The molecule has 0 radical (unpaired) electrons. The molecule has 3 rings (SSSR count). The Morgan fingerprint density at radius 1 is 1.39 bits per heavy atom. The molecule has 2 N–H and O–H groups in total. The van der Waals surface area contributed by atoms with Gasteiger partial charge in [-0.05, 0) is 31.9 Å². The summed E-state index contributed by atoms with van der Waals surface area (Å²) in [7, 11) is 1.95. The lowest BCUT2D eigenvalue weighted by atomic mass is 10.0. The predicted octanol–water partition coefficient (Wildman–Crippen LogP) is 2.67. The maximum Gasteiger partial charge on any atom is 0.192 e. The Hall–Kier alpha value is -2.54. The number of nitrogens with one attached hydrogen (secondary N) is 2. The molecule has 7 nitrogen and oxygen atoms in total. The quantitative estimate of drug-likeness (QED) is 0.442. The van der Waals surface area contributed by atoms with Gasteiger partial charge in [0, 0.05) is 32.7 Å². The number of nitrogens with zero attached hydrogens (tertiary/aromatic N) is 5. The van der Waals surface area contributed by atoms with Gasteiger partial charge in [0.15, 0.2) is 11.8 Å². The number of anilines is 1. The van der Waals surface area contributed by atoms with E-state index in [4.69, 9.17) is 16.6 Å². The molecule has 0 saturated carbocycles. The third-order valence-electron chi connectivity index (χ3n) is 4.93. The minimum Gasteiger partial charge on any atom is -0.368 e. The standard InChI is InChI=1S/C20H28ClN7/c1-4-11-22-20(23-13-19-26-25-15(2)27(19)3)24-16-8-7-12-28(14-16)18-10-6-5-9-17(18)21/h4-6,9-10,16H,1,7-8,11-14H2,2-3H3,(H2,22,23,24). The Morgan fingerprint density at radius 2 is 2.21 bits per heavy atom. The average Bonchev–Trinajstić information content (AvgIpc) is 3.02. The largest absolute Gasteiger partial charge is 0.368 e. The molecule has 0 spiro atoms. The molecule has 1 fully saturated rings. The number of aromatic nitrogens is 3. The number of benzene rings is 1. The van der Waals surface area contributed by atoms with Crippen molar-refractivity contribution < 1.29 is 0 Å². The first kappa shape index (κ1) is 20.2. The summed E-state index contributed by atoms with van der Waals surface area (Å²) in [6.07, 6.45) is 4.00. The highest BCUT2D eigenvalue weighted by atomic mass is 35.5. The van der Waals surface area contributed by atoms with Gasteiger partial charge in [0.2, 0.25) is 0 Å². The van der Waals surface area contributed by atoms with Crippen molar-refractivity contribution >= 4 is 23.2 Å². The van der Waals surface area contributed by atoms with Crippen LogP contribution in [0.3, 0.4) is 0 Å². The number of hydrogen-bond acceptors (Lipinski definition) is 4. The number of para-hydroxylation sites is 1. The van der Waals surface area contributed by atoms with Gasteiger partial charge in [-0.1, -0.05) is 29.8 Å². The Bertz CT molecular complexity index is 830. The van der Waals surface area contributed by atoms with Gasteiger partial charge in [0.25, 0.3) is 0 Å². The summed E-state index contributed by atoms with van der Waals surface area (Å²) in [5.41, 5.74) is 1.09. The number of piperidine rings is 1. The van der Waals surface area contributed by atoms with Crippen molar-refractivity contribution in [3.63, 3.8) is 0 Å². The maximum atomic E-state index is 6.39. The molecule has 1 aliphatic heterocycles. The Kier molecular flexibility index (Phi) is 6.92. The molecule has 2 aromatic rings. The van der Waals surface area contributed by atoms with Crippen LogP contribution in [0.1, 0.15) is 24.5 Å². The van der Waals surface area contributed by atoms with Crippen LogP contribution in [-0.2, 0) is 13.6 Å². The molecule has 0 amide bonds. The average molecular weight is 402 g/mol. The minimum absolute atomic E-state index is 0.280. The molecule has 28 heavy (non-hydrogen) atoms. The highest BCUT2D eigenvalue weighted by Gasteiger charge is 2.22. The Labute approximate surface area is 171 Å². The second kappa shape index (κ2) is 9.59. The van der Waals surface area contributed by atoms with Crippen LogP contribution in [0, 0.1) is 6.92 Å². The summed E-state index contributed by atoms with van der Waals surface area (Å²) in [5.74, 6) is 2.46. The summed E-state index contributed by atoms with van der Waals surface area (Å²) >= 11 is 6.39. The van der Waals surface area contributed by atoms with Gasteiger partial charge in [0.05, 0.1) is 10.7 Å². The molecule has 8 heteroatoms. The van der Waals surface area contributed by atoms with E-state index in [1.165, 1.54) is 0 Å². The molecule has 1 aromatic heterocycles. The molecule has 150 valence electrons. The van der Waals surface area contributed by atoms with Crippen molar-refractivity contribution in [2.24, 2.45) is 12.0 Å². The predicted molar refractivity (Wildman–Crippen MR) is 115 cm³/mol. The maximum absolute atomic E-state index is 6.39. The first-order chi connectivity index (χ1) is 13.6. The first-order valence-electron chi connectivity index (χ1n) is 9.58. The molecule has 0 aliphatic carbocycles. The van der Waals surface area contributed by atoms with E-state index >= 15 is 0 Å². The second-order valence-electron chi connectivity index (χ2n) is 6.94. The van der Waals surface area contributed by atoms with E-state index in [9.17, 15) is 0 Å². The molecule has 2 heterocycles. The highest BCUT2D eigenvalue weighted by molar-refractivity contribution is 6.33.